The number of fused-ring (bicyclic) bond motifs is 1. The largest absolute Gasteiger partial charge is 0.496 e. The van der Waals surface area contributed by atoms with Crippen LogP contribution in [-0.4, -0.2) is 59.9 Å². The minimum Gasteiger partial charge on any atom is -0.496 e. The van der Waals surface area contributed by atoms with Crippen LogP contribution in [0.4, 0.5) is 0 Å². The Morgan fingerprint density at radius 2 is 1.44 bits per heavy atom. The number of carbonyl (C=O) groups excluding carboxylic acids is 3. The number of benzene rings is 4. The number of nitrogens with one attached hydrogen (secondary N) is 2. The van der Waals surface area contributed by atoms with Crippen LogP contribution in [-0.2, 0) is 19.8 Å². The molecule has 0 radical (unpaired) electrons. The lowest BCUT2D eigenvalue weighted by Crippen LogP contribution is -2.52. The van der Waals surface area contributed by atoms with Gasteiger partial charge < -0.3 is 25.4 Å². The Labute approximate surface area is 279 Å². The summed E-state index contributed by atoms with van der Waals surface area (Å²) in [5.41, 5.74) is 1.96. The molecule has 246 valence electrons. The van der Waals surface area contributed by atoms with E-state index < -0.39 is 29.3 Å². The number of likely N-dealkylation sites (tertiary alicyclic amines) is 1. The summed E-state index contributed by atoms with van der Waals surface area (Å²) in [5.74, 6) is -1.74. The Bertz CT molecular complexity index is 1790. The molecule has 3 amide bonds. The topological polar surface area (TPSA) is 125 Å². The summed E-state index contributed by atoms with van der Waals surface area (Å²) >= 11 is 0. The fraction of sp³-hybridized carbons (Fsp3) is 0.282. The first-order chi connectivity index (χ1) is 23.3. The Hall–Kier alpha value is -5.44. The molecule has 1 fully saturated rings. The van der Waals surface area contributed by atoms with Crippen LogP contribution in [0.25, 0.3) is 0 Å². The number of para-hydroxylation sites is 1. The maximum Gasteiger partial charge on any atom is 0.330 e. The van der Waals surface area contributed by atoms with Crippen LogP contribution in [0, 0.1) is 0 Å². The second-order valence-corrected chi connectivity index (χ2v) is 12.4. The zero-order chi connectivity index (χ0) is 33.7. The zero-order valence-electron chi connectivity index (χ0n) is 26.8. The lowest BCUT2D eigenvalue weighted by molar-refractivity contribution is -0.143. The van der Waals surface area contributed by atoms with Gasteiger partial charge in [-0.2, -0.15) is 0 Å². The molecule has 0 saturated carbocycles. The number of aliphatic carboxylic acids is 1. The van der Waals surface area contributed by atoms with Gasteiger partial charge in [0, 0.05) is 19.1 Å². The highest BCUT2D eigenvalue weighted by Gasteiger charge is 2.49. The minimum absolute atomic E-state index is 0.00766. The van der Waals surface area contributed by atoms with E-state index in [-0.39, 0.29) is 17.9 Å². The summed E-state index contributed by atoms with van der Waals surface area (Å²) in [6, 6.07) is 31.4. The van der Waals surface area contributed by atoms with Gasteiger partial charge in [-0.05, 0) is 60.1 Å². The molecule has 3 atom stereocenters. The van der Waals surface area contributed by atoms with E-state index in [1.807, 2.05) is 65.6 Å². The Morgan fingerprint density at radius 1 is 0.812 bits per heavy atom. The third-order valence-electron chi connectivity index (χ3n) is 9.71. The second-order valence-electron chi connectivity index (χ2n) is 12.4. The van der Waals surface area contributed by atoms with E-state index in [4.69, 9.17) is 4.74 Å². The predicted molar refractivity (Wildman–Crippen MR) is 181 cm³/mol. The molecule has 1 saturated heterocycles. The molecule has 2 aliphatic rings. The lowest BCUT2D eigenvalue weighted by atomic mass is 9.62. The number of rotatable bonds is 9. The molecular formula is C39H39N3O6. The van der Waals surface area contributed by atoms with Crippen molar-refractivity contribution in [3.63, 3.8) is 0 Å². The Balaban J connectivity index is 1.23. The van der Waals surface area contributed by atoms with Gasteiger partial charge in [0.1, 0.15) is 5.75 Å². The Kier molecular flexibility index (Phi) is 9.57. The maximum absolute atomic E-state index is 14.5. The van der Waals surface area contributed by atoms with Crippen molar-refractivity contribution in [2.24, 2.45) is 0 Å². The second kappa shape index (κ2) is 14.1. The van der Waals surface area contributed by atoms with E-state index in [9.17, 15) is 24.3 Å². The molecule has 4 aromatic carbocycles. The molecule has 1 heterocycles. The molecule has 0 unspecified atom stereocenters. The maximum atomic E-state index is 14.5. The molecule has 9 heteroatoms. The van der Waals surface area contributed by atoms with Gasteiger partial charge in [-0.3, -0.25) is 14.4 Å². The lowest BCUT2D eigenvalue weighted by Gasteiger charge is -2.43. The van der Waals surface area contributed by atoms with Gasteiger partial charge in [0.2, 0.25) is 11.8 Å². The molecule has 6 rings (SSSR count). The first-order valence-corrected chi connectivity index (χ1v) is 16.3. The van der Waals surface area contributed by atoms with Crippen molar-refractivity contribution in [3.05, 3.63) is 137 Å². The fourth-order valence-corrected chi connectivity index (χ4v) is 7.23. The molecule has 1 aliphatic carbocycles. The van der Waals surface area contributed by atoms with Crippen molar-refractivity contribution in [1.29, 1.82) is 0 Å². The number of nitrogens with zero attached hydrogens (tertiary/aromatic N) is 1. The molecule has 0 aromatic heterocycles. The van der Waals surface area contributed by atoms with Crippen molar-refractivity contribution < 1.29 is 29.0 Å². The van der Waals surface area contributed by atoms with Crippen molar-refractivity contribution in [1.82, 2.24) is 15.5 Å². The van der Waals surface area contributed by atoms with Crippen molar-refractivity contribution in [2.45, 2.75) is 49.1 Å². The number of piperidine rings is 1. The van der Waals surface area contributed by atoms with E-state index in [1.54, 1.807) is 48.5 Å². The number of amides is 3. The highest BCUT2D eigenvalue weighted by molar-refractivity contribution is 5.98. The van der Waals surface area contributed by atoms with Crippen LogP contribution in [0.2, 0.25) is 0 Å². The van der Waals surface area contributed by atoms with Crippen molar-refractivity contribution in [2.75, 3.05) is 20.2 Å². The Morgan fingerprint density at radius 3 is 2.12 bits per heavy atom. The average Bonchev–Trinajstić information content (AvgIpc) is 3.13. The van der Waals surface area contributed by atoms with Gasteiger partial charge in [-0.25, -0.2) is 4.79 Å². The number of carbonyl (C=O) groups is 4. The third kappa shape index (κ3) is 6.28. The molecule has 1 aliphatic heterocycles. The number of hydrogen-bond donors (Lipinski definition) is 3. The first-order valence-electron chi connectivity index (χ1n) is 16.3. The van der Waals surface area contributed by atoms with Crippen LogP contribution in [0.1, 0.15) is 70.3 Å². The summed E-state index contributed by atoms with van der Waals surface area (Å²) < 4.78 is 5.34. The average molecular weight is 646 g/mol. The monoisotopic (exact) mass is 645 g/mol. The van der Waals surface area contributed by atoms with Crippen molar-refractivity contribution >= 4 is 23.7 Å². The smallest absolute Gasteiger partial charge is 0.330 e. The van der Waals surface area contributed by atoms with Gasteiger partial charge in [0.15, 0.2) is 6.04 Å². The summed E-state index contributed by atoms with van der Waals surface area (Å²) in [7, 11) is 1.54. The van der Waals surface area contributed by atoms with E-state index in [0.29, 0.717) is 61.2 Å². The first kappa shape index (κ1) is 32.5. The summed E-state index contributed by atoms with van der Waals surface area (Å²) in [4.78, 5) is 55.9. The molecule has 0 spiro atoms. The van der Waals surface area contributed by atoms with Crippen LogP contribution >= 0.6 is 0 Å². The molecule has 48 heavy (non-hydrogen) atoms. The zero-order valence-corrected chi connectivity index (χ0v) is 26.8. The minimum atomic E-state index is -1.24. The van der Waals surface area contributed by atoms with Crippen LogP contribution in [0.3, 0.4) is 0 Å². The van der Waals surface area contributed by atoms with E-state index in [1.165, 1.54) is 7.11 Å². The predicted octanol–water partition coefficient (Wildman–Crippen LogP) is 5.22. The highest BCUT2D eigenvalue weighted by Crippen LogP contribution is 2.48. The highest BCUT2D eigenvalue weighted by atomic mass is 16.5. The van der Waals surface area contributed by atoms with Gasteiger partial charge in [0.05, 0.1) is 24.0 Å². The number of carboxylic acid groups (broad SMARTS) is 1. The van der Waals surface area contributed by atoms with E-state index in [2.05, 4.69) is 10.6 Å². The quantitative estimate of drug-likeness (QED) is 0.229. The number of hydrogen-bond acceptors (Lipinski definition) is 5. The number of carboxylic acids is 1. The number of methoxy groups -OCH3 is 1. The molecule has 4 aromatic rings. The SMILES string of the molecule is COc1ccccc1C(=O)NC1CCN(C(=O)[C@H]2CC[C@@](C(=O)N[C@H](C(=O)O)c3ccccc3)(c3ccccc3)c3ccccc32)CC1. The number of ether oxygens (including phenoxy) is 1. The summed E-state index contributed by atoms with van der Waals surface area (Å²) in [6.45, 7) is 0.992. The molecule has 3 N–H and O–H groups in total. The molecule has 9 nitrogen and oxygen atoms in total. The van der Waals surface area contributed by atoms with Crippen LogP contribution in [0.15, 0.2) is 109 Å². The summed E-state index contributed by atoms with van der Waals surface area (Å²) in [6.07, 6.45) is 1.97. The van der Waals surface area contributed by atoms with Gasteiger partial charge in [-0.15, -0.1) is 0 Å². The summed E-state index contributed by atoms with van der Waals surface area (Å²) in [5, 5.41) is 16.1. The molecule has 0 bridgehead atoms. The van der Waals surface area contributed by atoms with E-state index >= 15 is 0 Å². The standard InChI is InChI=1S/C39H39N3O6/c1-48-33-19-11-9-17-31(33)35(43)40-28-21-24-42(25-22-28)36(44)30-20-23-39(27-14-6-3-7-15-27,32-18-10-8-16-29(30)32)38(47)41-34(37(45)46)26-12-4-2-5-13-26/h2-19,28,30,34H,20-25H2,1H3,(H,40,43)(H,41,47)(H,45,46)/t30-,34-,39+/m0/s1. The normalized spacial score (nSPS) is 19.8. The van der Waals surface area contributed by atoms with Gasteiger partial charge in [0.25, 0.3) is 5.91 Å². The van der Waals surface area contributed by atoms with E-state index in [0.717, 1.165) is 11.1 Å². The third-order valence-corrected chi connectivity index (χ3v) is 9.71. The van der Waals surface area contributed by atoms with Crippen LogP contribution < -0.4 is 15.4 Å². The van der Waals surface area contributed by atoms with Crippen LogP contribution in [0.5, 0.6) is 5.75 Å². The fourth-order valence-electron chi connectivity index (χ4n) is 7.23. The molecular weight excluding hydrogens is 606 g/mol. The van der Waals surface area contributed by atoms with Gasteiger partial charge >= 0.3 is 5.97 Å². The van der Waals surface area contributed by atoms with Crippen molar-refractivity contribution in [3.8, 4) is 5.75 Å². The van der Waals surface area contributed by atoms with Gasteiger partial charge in [-0.1, -0.05) is 97.1 Å².